The van der Waals surface area contributed by atoms with Crippen LogP contribution in [-0.2, 0) is 11.3 Å². The molecule has 2 fully saturated rings. The van der Waals surface area contributed by atoms with Crippen LogP contribution >= 0.6 is 0 Å². The number of rotatable bonds is 3. The molecule has 1 saturated carbocycles. The molecule has 132 valence electrons. The highest BCUT2D eigenvalue weighted by atomic mass is 16.6. The molecule has 1 aromatic rings. The molecule has 1 aliphatic carbocycles. The minimum Gasteiger partial charge on any atom is -0.444 e. The molecule has 1 heterocycles. The maximum atomic E-state index is 12.6. The Hall–Kier alpha value is -1.59. The Bertz CT molecular complexity index is 578. The third-order valence-electron chi connectivity index (χ3n) is 4.86. The monoisotopic (exact) mass is 332 g/mol. The molecule has 1 amide bonds. The Morgan fingerprint density at radius 2 is 1.96 bits per heavy atom. The van der Waals surface area contributed by atoms with E-state index in [-0.39, 0.29) is 24.3 Å². The smallest absolute Gasteiger partial charge is 0.410 e. The predicted molar refractivity (Wildman–Crippen MR) is 92.6 cm³/mol. The maximum absolute atomic E-state index is 12.6. The SMILES string of the molecule is CC(C)(C)OC(=O)N1C[C@H](CO)N(Cc2ccccc2)CC12CC2. The minimum atomic E-state index is -0.497. The Morgan fingerprint density at radius 1 is 1.29 bits per heavy atom. The van der Waals surface area contributed by atoms with Crippen molar-refractivity contribution in [2.45, 2.75) is 57.3 Å². The number of benzene rings is 1. The lowest BCUT2D eigenvalue weighted by atomic mass is 10.0. The van der Waals surface area contributed by atoms with Crippen molar-refractivity contribution in [1.29, 1.82) is 0 Å². The van der Waals surface area contributed by atoms with Crippen LogP contribution in [0.2, 0.25) is 0 Å². The van der Waals surface area contributed by atoms with E-state index in [0.29, 0.717) is 6.54 Å². The summed E-state index contributed by atoms with van der Waals surface area (Å²) in [5.41, 5.74) is 0.628. The fourth-order valence-electron chi connectivity index (χ4n) is 3.45. The highest BCUT2D eigenvalue weighted by Gasteiger charge is 2.56. The molecule has 1 atom stereocenters. The molecule has 5 nitrogen and oxygen atoms in total. The van der Waals surface area contributed by atoms with Crippen LogP contribution < -0.4 is 0 Å². The number of carbonyl (C=O) groups excluding carboxylic acids is 1. The predicted octanol–water partition coefficient (Wildman–Crippen LogP) is 2.63. The topological polar surface area (TPSA) is 53.0 Å². The van der Waals surface area contributed by atoms with Crippen molar-refractivity contribution in [3.05, 3.63) is 35.9 Å². The van der Waals surface area contributed by atoms with Gasteiger partial charge in [0.25, 0.3) is 0 Å². The van der Waals surface area contributed by atoms with Crippen molar-refractivity contribution >= 4 is 6.09 Å². The Balaban J connectivity index is 1.73. The van der Waals surface area contributed by atoms with E-state index < -0.39 is 5.60 Å². The molecule has 5 heteroatoms. The van der Waals surface area contributed by atoms with Gasteiger partial charge >= 0.3 is 6.09 Å². The number of hydrogen-bond acceptors (Lipinski definition) is 4. The molecule has 1 N–H and O–H groups in total. The van der Waals surface area contributed by atoms with Gasteiger partial charge < -0.3 is 9.84 Å². The van der Waals surface area contributed by atoms with Gasteiger partial charge in [0.1, 0.15) is 5.60 Å². The van der Waals surface area contributed by atoms with Gasteiger partial charge in [-0.2, -0.15) is 0 Å². The van der Waals surface area contributed by atoms with Gasteiger partial charge in [-0.05, 0) is 39.2 Å². The fraction of sp³-hybridized carbons (Fsp3) is 0.632. The van der Waals surface area contributed by atoms with Crippen LogP contribution in [0.4, 0.5) is 4.79 Å². The minimum absolute atomic E-state index is 0.0439. The van der Waals surface area contributed by atoms with E-state index in [1.54, 1.807) is 0 Å². The molecule has 0 bridgehead atoms. The Morgan fingerprint density at radius 3 is 2.50 bits per heavy atom. The summed E-state index contributed by atoms with van der Waals surface area (Å²) < 4.78 is 5.59. The first-order valence-corrected chi connectivity index (χ1v) is 8.72. The van der Waals surface area contributed by atoms with Gasteiger partial charge in [0.05, 0.1) is 18.2 Å². The van der Waals surface area contributed by atoms with Crippen LogP contribution in [0.25, 0.3) is 0 Å². The number of carbonyl (C=O) groups is 1. The van der Waals surface area contributed by atoms with E-state index in [1.807, 2.05) is 43.9 Å². The Kier molecular flexibility index (Phi) is 4.58. The molecule has 0 radical (unpaired) electrons. The first kappa shape index (κ1) is 17.2. The highest BCUT2D eigenvalue weighted by Crippen LogP contribution is 2.46. The van der Waals surface area contributed by atoms with E-state index in [0.717, 1.165) is 25.9 Å². The summed E-state index contributed by atoms with van der Waals surface area (Å²) in [5.74, 6) is 0. The Labute approximate surface area is 144 Å². The van der Waals surface area contributed by atoms with Crippen LogP contribution in [0.1, 0.15) is 39.2 Å². The summed E-state index contributed by atoms with van der Waals surface area (Å²) in [5, 5.41) is 9.84. The lowest BCUT2D eigenvalue weighted by Gasteiger charge is -2.46. The van der Waals surface area contributed by atoms with Gasteiger partial charge in [0.15, 0.2) is 0 Å². The zero-order valence-electron chi connectivity index (χ0n) is 14.9. The van der Waals surface area contributed by atoms with Crippen molar-refractivity contribution in [2.24, 2.45) is 0 Å². The number of hydrogen-bond donors (Lipinski definition) is 1. The quantitative estimate of drug-likeness (QED) is 0.924. The summed E-state index contributed by atoms with van der Waals surface area (Å²) in [6, 6.07) is 10.2. The fourth-order valence-corrected chi connectivity index (χ4v) is 3.45. The molecule has 3 rings (SSSR count). The third-order valence-corrected chi connectivity index (χ3v) is 4.86. The second kappa shape index (κ2) is 6.37. The first-order chi connectivity index (χ1) is 11.3. The lowest BCUT2D eigenvalue weighted by Crippen LogP contribution is -2.62. The molecule has 1 aromatic carbocycles. The zero-order chi connectivity index (χ0) is 17.4. The molecule has 24 heavy (non-hydrogen) atoms. The number of aliphatic hydroxyl groups is 1. The number of ether oxygens (including phenoxy) is 1. The molecular formula is C19H28N2O3. The van der Waals surface area contributed by atoms with Crippen LogP contribution in [0.3, 0.4) is 0 Å². The largest absolute Gasteiger partial charge is 0.444 e. The summed E-state index contributed by atoms with van der Waals surface area (Å²) in [7, 11) is 0. The average Bonchev–Trinajstić information content (AvgIpc) is 3.26. The van der Waals surface area contributed by atoms with Gasteiger partial charge in [0.2, 0.25) is 0 Å². The molecule has 1 saturated heterocycles. The summed E-state index contributed by atoms with van der Waals surface area (Å²) in [6.45, 7) is 7.84. The van der Waals surface area contributed by atoms with Crippen LogP contribution in [0, 0.1) is 0 Å². The van der Waals surface area contributed by atoms with Crippen LogP contribution in [-0.4, -0.2) is 57.9 Å². The molecule has 0 aromatic heterocycles. The van der Waals surface area contributed by atoms with Gasteiger partial charge in [-0.3, -0.25) is 9.80 Å². The standard InChI is InChI=1S/C19H28N2O3/c1-18(2,3)24-17(23)21-12-16(13-22)20(14-19(21)9-10-19)11-15-7-5-4-6-8-15/h4-8,16,22H,9-14H2,1-3H3/t16-/m1/s1. The molecule has 0 unspecified atom stereocenters. The first-order valence-electron chi connectivity index (χ1n) is 8.72. The van der Waals surface area contributed by atoms with E-state index in [9.17, 15) is 9.90 Å². The zero-order valence-corrected chi connectivity index (χ0v) is 14.9. The molecule has 1 spiro atoms. The highest BCUT2D eigenvalue weighted by molar-refractivity contribution is 5.70. The maximum Gasteiger partial charge on any atom is 0.410 e. The second-order valence-corrected chi connectivity index (χ2v) is 8.04. The van der Waals surface area contributed by atoms with Crippen LogP contribution in [0.15, 0.2) is 30.3 Å². The van der Waals surface area contributed by atoms with Crippen molar-refractivity contribution in [3.8, 4) is 0 Å². The summed E-state index contributed by atoms with van der Waals surface area (Å²) in [4.78, 5) is 16.8. The third kappa shape index (κ3) is 3.73. The summed E-state index contributed by atoms with van der Waals surface area (Å²) >= 11 is 0. The van der Waals surface area contributed by atoms with Crippen molar-refractivity contribution in [1.82, 2.24) is 9.80 Å². The second-order valence-electron chi connectivity index (χ2n) is 8.04. The van der Waals surface area contributed by atoms with E-state index in [4.69, 9.17) is 4.74 Å². The number of piperazine rings is 1. The molecular weight excluding hydrogens is 304 g/mol. The van der Waals surface area contributed by atoms with E-state index >= 15 is 0 Å². The average molecular weight is 332 g/mol. The number of nitrogens with zero attached hydrogens (tertiary/aromatic N) is 2. The van der Waals surface area contributed by atoms with Crippen molar-refractivity contribution in [3.63, 3.8) is 0 Å². The van der Waals surface area contributed by atoms with Gasteiger partial charge in [-0.15, -0.1) is 0 Å². The van der Waals surface area contributed by atoms with Crippen LogP contribution in [0.5, 0.6) is 0 Å². The number of amides is 1. The lowest BCUT2D eigenvalue weighted by molar-refractivity contribution is -0.0345. The molecule has 2 aliphatic rings. The van der Waals surface area contributed by atoms with Gasteiger partial charge in [-0.25, -0.2) is 4.79 Å². The van der Waals surface area contributed by atoms with E-state index in [1.165, 1.54) is 5.56 Å². The van der Waals surface area contributed by atoms with Gasteiger partial charge in [-0.1, -0.05) is 30.3 Å². The normalized spacial score (nSPS) is 23.3. The summed E-state index contributed by atoms with van der Waals surface area (Å²) in [6.07, 6.45) is 1.77. The van der Waals surface area contributed by atoms with Crippen molar-refractivity contribution < 1.29 is 14.6 Å². The van der Waals surface area contributed by atoms with Gasteiger partial charge in [0, 0.05) is 19.6 Å². The molecule has 1 aliphatic heterocycles. The van der Waals surface area contributed by atoms with E-state index in [2.05, 4.69) is 17.0 Å². The number of aliphatic hydroxyl groups excluding tert-OH is 1. The van der Waals surface area contributed by atoms with Crippen molar-refractivity contribution in [2.75, 3.05) is 19.7 Å².